The molecule has 3 aromatic rings. The molecule has 6 heteroatoms. The van der Waals surface area contributed by atoms with Gasteiger partial charge in [0.15, 0.2) is 0 Å². The quantitative estimate of drug-likeness (QED) is 0.679. The van der Waals surface area contributed by atoms with Gasteiger partial charge in [0.2, 0.25) is 10.0 Å². The van der Waals surface area contributed by atoms with Gasteiger partial charge in [-0.1, -0.05) is 24.3 Å². The van der Waals surface area contributed by atoms with Gasteiger partial charge in [0.25, 0.3) is 0 Å². The van der Waals surface area contributed by atoms with Crippen molar-refractivity contribution >= 4 is 20.9 Å². The van der Waals surface area contributed by atoms with Crippen LogP contribution in [0, 0.1) is 13.8 Å². The zero-order chi connectivity index (χ0) is 19.2. The van der Waals surface area contributed by atoms with Gasteiger partial charge in [-0.3, -0.25) is 0 Å². The number of hydrogen-bond acceptors (Lipinski definition) is 3. The third kappa shape index (κ3) is 3.13. The van der Waals surface area contributed by atoms with E-state index in [1.165, 1.54) is 18.1 Å². The summed E-state index contributed by atoms with van der Waals surface area (Å²) in [6.07, 6.45) is 1.95. The van der Waals surface area contributed by atoms with Crippen LogP contribution in [0.1, 0.15) is 29.7 Å². The number of fused-ring (bicyclic) bond motifs is 1. The Balaban J connectivity index is 1.65. The van der Waals surface area contributed by atoms with E-state index in [9.17, 15) is 8.42 Å². The van der Waals surface area contributed by atoms with Crippen molar-refractivity contribution in [2.45, 2.75) is 37.0 Å². The number of aromatic amines is 1. The lowest BCUT2D eigenvalue weighted by Gasteiger charge is -2.18. The first-order chi connectivity index (χ1) is 12.9. The molecule has 1 heterocycles. The molecule has 1 saturated carbocycles. The van der Waals surface area contributed by atoms with Crippen LogP contribution in [0.5, 0.6) is 5.75 Å². The maximum Gasteiger partial charge on any atom is 0.244 e. The topological polar surface area (TPSA) is 71.2 Å². The highest BCUT2D eigenvalue weighted by molar-refractivity contribution is 7.89. The summed E-state index contributed by atoms with van der Waals surface area (Å²) in [7, 11) is -2.17. The fraction of sp³-hybridized carbons (Fsp3) is 0.333. The molecule has 0 radical (unpaired) electrons. The second kappa shape index (κ2) is 6.39. The van der Waals surface area contributed by atoms with Crippen LogP contribution in [0.3, 0.4) is 0 Å². The van der Waals surface area contributed by atoms with Crippen molar-refractivity contribution < 1.29 is 13.2 Å². The molecular formula is C21H24N2O3S. The average Bonchev–Trinajstić information content (AvgIpc) is 3.35. The standard InChI is InChI=1S/C21H24N2O3S/c1-14-8-9-18(26-3)19(12-14)27(24,25)22-13-21(10-11-21)20-15(2)23-17-7-5-4-6-16(17)20/h4-9,12,22-23H,10-11,13H2,1-3H3. The van der Waals surface area contributed by atoms with Gasteiger partial charge in [0.05, 0.1) is 7.11 Å². The number of sulfonamides is 1. The number of H-pyrrole nitrogens is 1. The van der Waals surface area contributed by atoms with Gasteiger partial charge in [-0.05, 0) is 56.0 Å². The lowest BCUT2D eigenvalue weighted by molar-refractivity contribution is 0.402. The van der Waals surface area contributed by atoms with E-state index in [1.54, 1.807) is 12.1 Å². The number of methoxy groups -OCH3 is 1. The molecule has 27 heavy (non-hydrogen) atoms. The molecule has 1 fully saturated rings. The second-order valence-electron chi connectivity index (χ2n) is 7.43. The summed E-state index contributed by atoms with van der Waals surface area (Å²) < 4.78 is 34.0. The third-order valence-corrected chi connectivity index (χ3v) is 6.91. The first kappa shape index (κ1) is 18.1. The molecule has 2 aromatic carbocycles. The van der Waals surface area contributed by atoms with Gasteiger partial charge in [-0.15, -0.1) is 0 Å². The van der Waals surface area contributed by atoms with Crippen LogP contribution in [0.4, 0.5) is 0 Å². The van der Waals surface area contributed by atoms with Crippen LogP contribution in [0.15, 0.2) is 47.4 Å². The Kier molecular flexibility index (Phi) is 4.28. The van der Waals surface area contributed by atoms with Crippen molar-refractivity contribution in [3.63, 3.8) is 0 Å². The van der Waals surface area contributed by atoms with E-state index < -0.39 is 10.0 Å². The molecule has 0 spiro atoms. The molecule has 142 valence electrons. The summed E-state index contributed by atoms with van der Waals surface area (Å²) in [5.41, 5.74) is 4.18. The molecule has 4 rings (SSSR count). The fourth-order valence-corrected chi connectivity index (χ4v) is 5.31. The van der Waals surface area contributed by atoms with Crippen molar-refractivity contribution in [1.82, 2.24) is 9.71 Å². The molecule has 0 amide bonds. The fourth-order valence-electron chi connectivity index (χ4n) is 3.93. The summed E-state index contributed by atoms with van der Waals surface area (Å²) in [5, 5.41) is 1.18. The highest BCUT2D eigenvalue weighted by Gasteiger charge is 2.47. The predicted molar refractivity (Wildman–Crippen MR) is 107 cm³/mol. The highest BCUT2D eigenvalue weighted by Crippen LogP contribution is 2.51. The van der Waals surface area contributed by atoms with Crippen LogP contribution in [0.2, 0.25) is 0 Å². The highest BCUT2D eigenvalue weighted by atomic mass is 32.2. The molecular weight excluding hydrogens is 360 g/mol. The van der Waals surface area contributed by atoms with E-state index in [4.69, 9.17) is 4.74 Å². The molecule has 0 bridgehead atoms. The minimum absolute atomic E-state index is 0.145. The number of para-hydroxylation sites is 1. The Morgan fingerprint density at radius 3 is 2.59 bits per heavy atom. The third-order valence-electron chi connectivity index (χ3n) is 5.49. The number of nitrogens with one attached hydrogen (secondary N) is 2. The lowest BCUT2D eigenvalue weighted by atomic mass is 9.93. The van der Waals surface area contributed by atoms with Crippen LogP contribution < -0.4 is 9.46 Å². The largest absolute Gasteiger partial charge is 0.495 e. The first-order valence-corrected chi connectivity index (χ1v) is 10.6. The van der Waals surface area contributed by atoms with Crippen molar-refractivity contribution in [1.29, 1.82) is 0 Å². The van der Waals surface area contributed by atoms with Crippen molar-refractivity contribution in [2.24, 2.45) is 0 Å². The van der Waals surface area contributed by atoms with Gasteiger partial charge in [-0.2, -0.15) is 0 Å². The van der Waals surface area contributed by atoms with E-state index in [1.807, 2.05) is 25.1 Å². The lowest BCUT2D eigenvalue weighted by Crippen LogP contribution is -2.32. The monoisotopic (exact) mass is 384 g/mol. The molecule has 1 aromatic heterocycles. The van der Waals surface area contributed by atoms with Gasteiger partial charge in [0, 0.05) is 28.6 Å². The number of rotatable bonds is 6. The molecule has 5 nitrogen and oxygen atoms in total. The number of aromatic nitrogens is 1. The minimum atomic E-state index is -3.66. The van der Waals surface area contributed by atoms with Crippen molar-refractivity contribution in [2.75, 3.05) is 13.7 Å². The van der Waals surface area contributed by atoms with Gasteiger partial charge in [0.1, 0.15) is 10.6 Å². The Bertz CT molecular complexity index is 1110. The molecule has 2 N–H and O–H groups in total. The number of benzene rings is 2. The molecule has 0 unspecified atom stereocenters. The van der Waals surface area contributed by atoms with E-state index in [-0.39, 0.29) is 10.3 Å². The SMILES string of the molecule is COc1ccc(C)cc1S(=O)(=O)NCC1(c2c(C)[nH]c3ccccc23)CC1. The zero-order valence-electron chi connectivity index (χ0n) is 15.8. The van der Waals surface area contributed by atoms with Gasteiger partial charge in [-0.25, -0.2) is 13.1 Å². The van der Waals surface area contributed by atoms with E-state index in [2.05, 4.69) is 28.8 Å². The summed E-state index contributed by atoms with van der Waals surface area (Å²) in [5.74, 6) is 0.362. The molecule has 0 saturated heterocycles. The first-order valence-electron chi connectivity index (χ1n) is 9.08. The van der Waals surface area contributed by atoms with Gasteiger partial charge >= 0.3 is 0 Å². The minimum Gasteiger partial charge on any atom is -0.495 e. The Morgan fingerprint density at radius 2 is 1.89 bits per heavy atom. The second-order valence-corrected chi connectivity index (χ2v) is 9.17. The van der Waals surface area contributed by atoms with Crippen LogP contribution in [-0.2, 0) is 15.4 Å². The summed E-state index contributed by atoms with van der Waals surface area (Å²) >= 11 is 0. The van der Waals surface area contributed by atoms with Crippen LogP contribution >= 0.6 is 0 Å². The Labute approximate surface area is 159 Å². The number of hydrogen-bond donors (Lipinski definition) is 2. The summed E-state index contributed by atoms with van der Waals surface area (Å²) in [6.45, 7) is 4.32. The van der Waals surface area contributed by atoms with Crippen LogP contribution in [0.25, 0.3) is 10.9 Å². The molecule has 0 atom stereocenters. The Hall–Kier alpha value is -2.31. The predicted octanol–water partition coefficient (Wildman–Crippen LogP) is 3.80. The molecule has 1 aliphatic rings. The van der Waals surface area contributed by atoms with E-state index >= 15 is 0 Å². The Morgan fingerprint density at radius 1 is 1.15 bits per heavy atom. The number of ether oxygens (including phenoxy) is 1. The van der Waals surface area contributed by atoms with Crippen molar-refractivity contribution in [3.05, 3.63) is 59.3 Å². The normalized spacial score (nSPS) is 15.8. The maximum absolute atomic E-state index is 13.0. The van der Waals surface area contributed by atoms with E-state index in [0.717, 1.165) is 29.6 Å². The van der Waals surface area contributed by atoms with Crippen LogP contribution in [-0.4, -0.2) is 27.1 Å². The summed E-state index contributed by atoms with van der Waals surface area (Å²) in [4.78, 5) is 3.62. The van der Waals surface area contributed by atoms with Gasteiger partial charge < -0.3 is 9.72 Å². The molecule has 0 aliphatic heterocycles. The summed E-state index contributed by atoms with van der Waals surface area (Å²) in [6, 6.07) is 13.4. The zero-order valence-corrected chi connectivity index (χ0v) is 16.6. The average molecular weight is 385 g/mol. The van der Waals surface area contributed by atoms with Crippen molar-refractivity contribution in [3.8, 4) is 5.75 Å². The smallest absolute Gasteiger partial charge is 0.244 e. The van der Waals surface area contributed by atoms with E-state index in [0.29, 0.717) is 12.3 Å². The molecule has 1 aliphatic carbocycles. The maximum atomic E-state index is 13.0. The number of aryl methyl sites for hydroxylation is 2.